The molecular formula is C22H27N3O3. The Bertz CT molecular complexity index is 756. The van der Waals surface area contributed by atoms with E-state index in [0.29, 0.717) is 0 Å². The fraction of sp³-hybridized carbons (Fsp3) is 0.364. The van der Waals surface area contributed by atoms with Crippen molar-refractivity contribution in [2.24, 2.45) is 0 Å². The molecule has 0 saturated carbocycles. The molecule has 28 heavy (non-hydrogen) atoms. The van der Waals surface area contributed by atoms with E-state index in [9.17, 15) is 9.59 Å². The number of ether oxygens (including phenoxy) is 1. The molecule has 1 aliphatic heterocycles. The quantitative estimate of drug-likeness (QED) is 0.737. The van der Waals surface area contributed by atoms with Gasteiger partial charge in [0.25, 0.3) is 0 Å². The van der Waals surface area contributed by atoms with Crippen LogP contribution in [0.1, 0.15) is 25.7 Å². The van der Waals surface area contributed by atoms with Crippen molar-refractivity contribution in [1.29, 1.82) is 0 Å². The molecule has 0 bridgehead atoms. The van der Waals surface area contributed by atoms with Crippen molar-refractivity contribution in [2.75, 3.05) is 36.5 Å². The first-order valence-electron chi connectivity index (χ1n) is 9.80. The van der Waals surface area contributed by atoms with Crippen molar-refractivity contribution in [3.05, 3.63) is 54.6 Å². The highest BCUT2D eigenvalue weighted by Gasteiger charge is 2.11. The molecule has 1 fully saturated rings. The summed E-state index contributed by atoms with van der Waals surface area (Å²) in [6, 6.07) is 17.2. The molecule has 2 aromatic rings. The van der Waals surface area contributed by atoms with E-state index in [2.05, 4.69) is 15.5 Å². The SMILES string of the molecule is O=C(CCOc1ccccc1)NCC(=O)Nc1ccc(N2CCCCC2)cc1. The maximum Gasteiger partial charge on any atom is 0.243 e. The van der Waals surface area contributed by atoms with Crippen LogP contribution in [0.4, 0.5) is 11.4 Å². The van der Waals surface area contributed by atoms with Crippen molar-refractivity contribution >= 4 is 23.2 Å². The van der Waals surface area contributed by atoms with Gasteiger partial charge in [0.1, 0.15) is 5.75 Å². The molecule has 0 unspecified atom stereocenters. The summed E-state index contributed by atoms with van der Waals surface area (Å²) in [5, 5.41) is 5.42. The minimum absolute atomic E-state index is 0.0575. The Morgan fingerprint density at radius 1 is 0.893 bits per heavy atom. The fourth-order valence-electron chi connectivity index (χ4n) is 3.16. The monoisotopic (exact) mass is 381 g/mol. The van der Waals surface area contributed by atoms with Gasteiger partial charge < -0.3 is 20.3 Å². The topological polar surface area (TPSA) is 70.7 Å². The molecule has 2 N–H and O–H groups in total. The molecule has 1 saturated heterocycles. The van der Waals surface area contributed by atoms with Crippen LogP contribution in [-0.2, 0) is 9.59 Å². The average molecular weight is 381 g/mol. The number of carbonyl (C=O) groups excluding carboxylic acids is 2. The lowest BCUT2D eigenvalue weighted by Crippen LogP contribution is -2.33. The maximum absolute atomic E-state index is 12.0. The van der Waals surface area contributed by atoms with Crippen LogP contribution >= 0.6 is 0 Å². The Labute approximate surface area is 165 Å². The van der Waals surface area contributed by atoms with Crippen molar-refractivity contribution < 1.29 is 14.3 Å². The molecule has 148 valence electrons. The van der Waals surface area contributed by atoms with E-state index in [4.69, 9.17) is 4.74 Å². The zero-order valence-corrected chi connectivity index (χ0v) is 16.0. The number of rotatable bonds is 8. The molecule has 2 aromatic carbocycles. The number of carbonyl (C=O) groups is 2. The second-order valence-corrected chi connectivity index (χ2v) is 6.83. The van der Waals surface area contributed by atoms with E-state index in [1.807, 2.05) is 54.6 Å². The standard InChI is InChI=1S/C22H27N3O3/c26-21(13-16-28-20-7-3-1-4-8-20)23-17-22(27)24-18-9-11-19(12-10-18)25-14-5-2-6-15-25/h1,3-4,7-12H,2,5-6,13-17H2,(H,23,26)(H,24,27). The molecule has 1 aliphatic rings. The van der Waals surface area contributed by atoms with Gasteiger partial charge in [-0.3, -0.25) is 9.59 Å². The highest BCUT2D eigenvalue weighted by atomic mass is 16.5. The third-order valence-corrected chi connectivity index (χ3v) is 4.66. The van der Waals surface area contributed by atoms with Crippen LogP contribution in [0.15, 0.2) is 54.6 Å². The number of amides is 2. The van der Waals surface area contributed by atoms with Gasteiger partial charge in [0.15, 0.2) is 0 Å². The predicted octanol–water partition coefficient (Wildman–Crippen LogP) is 3.20. The summed E-state index contributed by atoms with van der Waals surface area (Å²) in [7, 11) is 0. The smallest absolute Gasteiger partial charge is 0.243 e. The van der Waals surface area contributed by atoms with Crippen LogP contribution < -0.4 is 20.3 Å². The highest BCUT2D eigenvalue weighted by Crippen LogP contribution is 2.21. The summed E-state index contributed by atoms with van der Waals surface area (Å²) in [6.07, 6.45) is 3.96. The van der Waals surface area contributed by atoms with E-state index in [1.165, 1.54) is 24.9 Å². The summed E-state index contributed by atoms with van der Waals surface area (Å²) in [5.74, 6) is 0.260. The molecule has 6 nitrogen and oxygen atoms in total. The number of benzene rings is 2. The number of para-hydroxylation sites is 1. The van der Waals surface area contributed by atoms with Crippen LogP contribution in [-0.4, -0.2) is 38.1 Å². The van der Waals surface area contributed by atoms with Crippen molar-refractivity contribution in [2.45, 2.75) is 25.7 Å². The first-order chi connectivity index (χ1) is 13.7. The van der Waals surface area contributed by atoms with Gasteiger partial charge in [-0.25, -0.2) is 0 Å². The molecular weight excluding hydrogens is 354 g/mol. The average Bonchev–Trinajstić information content (AvgIpc) is 2.74. The molecule has 0 radical (unpaired) electrons. The summed E-state index contributed by atoms with van der Waals surface area (Å²) < 4.78 is 5.47. The van der Waals surface area contributed by atoms with Crippen LogP contribution in [0.25, 0.3) is 0 Å². The van der Waals surface area contributed by atoms with Gasteiger partial charge in [-0.15, -0.1) is 0 Å². The van der Waals surface area contributed by atoms with E-state index >= 15 is 0 Å². The summed E-state index contributed by atoms with van der Waals surface area (Å²) in [4.78, 5) is 26.2. The molecule has 0 spiro atoms. The lowest BCUT2D eigenvalue weighted by molar-refractivity contribution is -0.124. The Morgan fingerprint density at radius 3 is 2.32 bits per heavy atom. The molecule has 1 heterocycles. The zero-order chi connectivity index (χ0) is 19.6. The zero-order valence-electron chi connectivity index (χ0n) is 16.0. The number of nitrogens with one attached hydrogen (secondary N) is 2. The minimum Gasteiger partial charge on any atom is -0.493 e. The second-order valence-electron chi connectivity index (χ2n) is 6.83. The summed E-state index contributed by atoms with van der Waals surface area (Å²) >= 11 is 0. The lowest BCUT2D eigenvalue weighted by atomic mass is 10.1. The largest absolute Gasteiger partial charge is 0.493 e. The number of piperidine rings is 1. The van der Waals surface area contributed by atoms with Crippen molar-refractivity contribution in [3.63, 3.8) is 0 Å². The normalized spacial score (nSPS) is 13.6. The van der Waals surface area contributed by atoms with Crippen molar-refractivity contribution in [1.82, 2.24) is 5.32 Å². The Kier molecular flexibility index (Phi) is 7.29. The maximum atomic E-state index is 12.0. The summed E-state index contributed by atoms with van der Waals surface area (Å²) in [5.41, 5.74) is 1.91. The molecule has 0 aromatic heterocycles. The van der Waals surface area contributed by atoms with Gasteiger partial charge in [-0.2, -0.15) is 0 Å². The van der Waals surface area contributed by atoms with Gasteiger partial charge in [0.2, 0.25) is 11.8 Å². The van der Waals surface area contributed by atoms with Crippen LogP contribution in [0.3, 0.4) is 0 Å². The Morgan fingerprint density at radius 2 is 1.61 bits per heavy atom. The van der Waals surface area contributed by atoms with Gasteiger partial charge in [0.05, 0.1) is 19.6 Å². The fourth-order valence-corrected chi connectivity index (χ4v) is 3.16. The first-order valence-corrected chi connectivity index (χ1v) is 9.80. The lowest BCUT2D eigenvalue weighted by Gasteiger charge is -2.28. The predicted molar refractivity (Wildman–Crippen MR) is 111 cm³/mol. The first kappa shape index (κ1) is 19.7. The van der Waals surface area contributed by atoms with Crippen LogP contribution in [0.2, 0.25) is 0 Å². The highest BCUT2D eigenvalue weighted by molar-refractivity contribution is 5.94. The van der Waals surface area contributed by atoms with Gasteiger partial charge >= 0.3 is 0 Å². The number of hydrogen-bond donors (Lipinski definition) is 2. The third kappa shape index (κ3) is 6.30. The molecule has 0 atom stereocenters. The Balaban J connectivity index is 1.35. The number of hydrogen-bond acceptors (Lipinski definition) is 4. The molecule has 0 aliphatic carbocycles. The third-order valence-electron chi connectivity index (χ3n) is 4.66. The van der Waals surface area contributed by atoms with Crippen molar-refractivity contribution in [3.8, 4) is 5.75 Å². The van der Waals surface area contributed by atoms with E-state index < -0.39 is 0 Å². The van der Waals surface area contributed by atoms with E-state index in [0.717, 1.165) is 24.5 Å². The van der Waals surface area contributed by atoms with Crippen LogP contribution in [0, 0.1) is 0 Å². The van der Waals surface area contributed by atoms with E-state index in [-0.39, 0.29) is 31.4 Å². The minimum atomic E-state index is -0.247. The van der Waals surface area contributed by atoms with Crippen LogP contribution in [0.5, 0.6) is 5.75 Å². The van der Waals surface area contributed by atoms with E-state index in [1.54, 1.807) is 0 Å². The van der Waals surface area contributed by atoms with Gasteiger partial charge in [-0.05, 0) is 55.7 Å². The molecule has 3 rings (SSSR count). The summed E-state index contributed by atoms with van der Waals surface area (Å²) in [6.45, 7) is 2.39. The van der Waals surface area contributed by atoms with Gasteiger partial charge in [0, 0.05) is 24.5 Å². The Hall–Kier alpha value is -3.02. The second kappa shape index (κ2) is 10.3. The number of nitrogens with zero attached hydrogens (tertiary/aromatic N) is 1. The molecule has 6 heteroatoms. The molecule has 2 amide bonds. The number of anilines is 2. The van der Waals surface area contributed by atoms with Gasteiger partial charge in [-0.1, -0.05) is 18.2 Å².